The summed E-state index contributed by atoms with van der Waals surface area (Å²) < 4.78 is 1.04. The lowest BCUT2D eigenvalue weighted by molar-refractivity contribution is -0.115. The second kappa shape index (κ2) is 7.86. The number of anilines is 1. The van der Waals surface area contributed by atoms with E-state index in [1.807, 2.05) is 48.5 Å². The molecule has 3 amide bonds. The minimum absolute atomic E-state index is 0.148. The number of urea groups is 1. The van der Waals surface area contributed by atoms with Crippen LogP contribution in [0.3, 0.4) is 0 Å². The quantitative estimate of drug-likeness (QED) is 0.745. The summed E-state index contributed by atoms with van der Waals surface area (Å²) in [5.41, 5.74) is 5.56. The van der Waals surface area contributed by atoms with Crippen LogP contribution < -0.4 is 16.4 Å². The fourth-order valence-corrected chi connectivity index (χ4v) is 2.70. The highest BCUT2D eigenvalue weighted by molar-refractivity contribution is 9.10. The van der Waals surface area contributed by atoms with Gasteiger partial charge in [-0.25, -0.2) is 4.79 Å². The van der Waals surface area contributed by atoms with Gasteiger partial charge in [0.1, 0.15) is 0 Å². The molecule has 0 heterocycles. The van der Waals surface area contributed by atoms with Gasteiger partial charge in [0.15, 0.2) is 0 Å². The van der Waals surface area contributed by atoms with Crippen molar-refractivity contribution in [3.05, 3.63) is 53.0 Å². The summed E-state index contributed by atoms with van der Waals surface area (Å²) in [7, 11) is 0. The number of rotatable bonds is 5. The highest BCUT2D eigenvalue weighted by Gasteiger charge is 2.04. The lowest BCUT2D eigenvalue weighted by Crippen LogP contribution is -2.36. The minimum Gasteiger partial charge on any atom is -0.352 e. The standard InChI is InChI=1S/C15H14BrN3O2S/c16-10-1-5-12(6-2-10)22-13-7-3-11(4-8-13)19-14(20)9-18-15(17)21/h1-8H,9H2,(H,19,20)(H3,17,18,21). The molecule has 4 N–H and O–H groups in total. The zero-order valence-electron chi connectivity index (χ0n) is 11.5. The van der Waals surface area contributed by atoms with Gasteiger partial charge in [-0.05, 0) is 48.5 Å². The average Bonchev–Trinajstić information content (AvgIpc) is 2.49. The molecule has 0 spiro atoms. The van der Waals surface area contributed by atoms with E-state index in [0.29, 0.717) is 5.69 Å². The van der Waals surface area contributed by atoms with Crippen LogP contribution in [0.4, 0.5) is 10.5 Å². The van der Waals surface area contributed by atoms with Crippen LogP contribution in [0.2, 0.25) is 0 Å². The summed E-state index contributed by atoms with van der Waals surface area (Å²) in [4.78, 5) is 24.3. The molecule has 0 saturated heterocycles. The Morgan fingerprint density at radius 1 is 1.00 bits per heavy atom. The molecule has 0 aliphatic heterocycles. The van der Waals surface area contributed by atoms with Crippen LogP contribution >= 0.6 is 27.7 Å². The topological polar surface area (TPSA) is 84.2 Å². The third kappa shape index (κ3) is 5.42. The van der Waals surface area contributed by atoms with Crippen LogP contribution in [0.15, 0.2) is 62.8 Å². The minimum atomic E-state index is -0.726. The number of carbonyl (C=O) groups excluding carboxylic acids is 2. The molecule has 2 aromatic carbocycles. The maximum Gasteiger partial charge on any atom is 0.312 e. The van der Waals surface area contributed by atoms with E-state index in [0.717, 1.165) is 14.3 Å². The molecule has 0 radical (unpaired) electrons. The van der Waals surface area contributed by atoms with Gasteiger partial charge in [-0.1, -0.05) is 27.7 Å². The highest BCUT2D eigenvalue weighted by Crippen LogP contribution is 2.29. The predicted molar refractivity (Wildman–Crippen MR) is 90.9 cm³/mol. The van der Waals surface area contributed by atoms with Gasteiger partial charge >= 0.3 is 6.03 Å². The first-order valence-corrected chi connectivity index (χ1v) is 8.00. The zero-order chi connectivity index (χ0) is 15.9. The first kappa shape index (κ1) is 16.4. The molecule has 0 unspecified atom stereocenters. The van der Waals surface area contributed by atoms with Gasteiger partial charge in [-0.2, -0.15) is 0 Å². The number of hydrogen-bond donors (Lipinski definition) is 3. The van der Waals surface area contributed by atoms with Gasteiger partial charge < -0.3 is 16.4 Å². The zero-order valence-corrected chi connectivity index (χ0v) is 13.9. The van der Waals surface area contributed by atoms with E-state index in [-0.39, 0.29) is 12.5 Å². The summed E-state index contributed by atoms with van der Waals surface area (Å²) in [6.45, 7) is -0.148. The summed E-state index contributed by atoms with van der Waals surface area (Å²) in [6.07, 6.45) is 0. The Kier molecular flexibility index (Phi) is 5.85. The number of nitrogens with one attached hydrogen (secondary N) is 2. The molecule has 7 heteroatoms. The van der Waals surface area contributed by atoms with Crippen molar-refractivity contribution in [1.82, 2.24) is 5.32 Å². The maximum atomic E-state index is 11.5. The fourth-order valence-electron chi connectivity index (χ4n) is 1.62. The molecule has 2 rings (SSSR count). The molecule has 22 heavy (non-hydrogen) atoms. The van der Waals surface area contributed by atoms with Crippen molar-refractivity contribution in [2.75, 3.05) is 11.9 Å². The van der Waals surface area contributed by atoms with Crippen molar-refractivity contribution in [3.8, 4) is 0 Å². The van der Waals surface area contributed by atoms with Crippen LogP contribution in [0.5, 0.6) is 0 Å². The average molecular weight is 380 g/mol. The molecular weight excluding hydrogens is 366 g/mol. The SMILES string of the molecule is NC(=O)NCC(=O)Nc1ccc(Sc2ccc(Br)cc2)cc1. The van der Waals surface area contributed by atoms with Crippen molar-refractivity contribution in [1.29, 1.82) is 0 Å². The molecule has 0 atom stereocenters. The van der Waals surface area contributed by atoms with Crippen LogP contribution in [0, 0.1) is 0 Å². The Hall–Kier alpha value is -1.99. The number of hydrogen-bond acceptors (Lipinski definition) is 3. The first-order chi connectivity index (χ1) is 10.5. The number of carbonyl (C=O) groups is 2. The van der Waals surface area contributed by atoms with Gasteiger partial charge in [-0.15, -0.1) is 0 Å². The maximum absolute atomic E-state index is 11.5. The number of halogens is 1. The molecule has 0 fully saturated rings. The first-order valence-electron chi connectivity index (χ1n) is 6.39. The molecule has 0 aliphatic carbocycles. The second-order valence-electron chi connectivity index (χ2n) is 4.35. The lowest BCUT2D eigenvalue weighted by atomic mass is 10.3. The van der Waals surface area contributed by atoms with Crippen molar-refractivity contribution in [2.24, 2.45) is 5.73 Å². The molecule has 114 valence electrons. The van der Waals surface area contributed by atoms with Gasteiger partial charge in [0.2, 0.25) is 5.91 Å². The van der Waals surface area contributed by atoms with Crippen molar-refractivity contribution < 1.29 is 9.59 Å². The molecule has 0 bridgehead atoms. The van der Waals surface area contributed by atoms with Crippen LogP contribution in [-0.4, -0.2) is 18.5 Å². The smallest absolute Gasteiger partial charge is 0.312 e. The Bertz CT molecular complexity index is 659. The normalized spacial score (nSPS) is 10.0. The molecule has 0 aliphatic rings. The highest BCUT2D eigenvalue weighted by atomic mass is 79.9. The van der Waals surface area contributed by atoms with Gasteiger partial charge in [0, 0.05) is 20.0 Å². The predicted octanol–water partition coefficient (Wildman–Crippen LogP) is 3.21. The van der Waals surface area contributed by atoms with E-state index in [1.165, 1.54) is 0 Å². The van der Waals surface area contributed by atoms with E-state index in [4.69, 9.17) is 5.73 Å². The van der Waals surface area contributed by atoms with Gasteiger partial charge in [0.05, 0.1) is 6.54 Å². The van der Waals surface area contributed by atoms with E-state index < -0.39 is 6.03 Å². The molecule has 0 aromatic heterocycles. The molecular formula is C15H14BrN3O2S. The summed E-state index contributed by atoms with van der Waals surface area (Å²) in [5, 5.41) is 4.90. The molecule has 5 nitrogen and oxygen atoms in total. The lowest BCUT2D eigenvalue weighted by Gasteiger charge is -2.07. The van der Waals surface area contributed by atoms with Crippen molar-refractivity contribution >= 4 is 45.3 Å². The third-order valence-corrected chi connectivity index (χ3v) is 4.15. The Labute approximate surface area is 140 Å². The monoisotopic (exact) mass is 379 g/mol. The van der Waals surface area contributed by atoms with Crippen LogP contribution in [0.1, 0.15) is 0 Å². The number of amides is 3. The fraction of sp³-hybridized carbons (Fsp3) is 0.0667. The number of nitrogens with two attached hydrogens (primary N) is 1. The van der Waals surface area contributed by atoms with E-state index in [9.17, 15) is 9.59 Å². The third-order valence-electron chi connectivity index (χ3n) is 2.61. The Balaban J connectivity index is 1.91. The van der Waals surface area contributed by atoms with Crippen molar-refractivity contribution in [3.63, 3.8) is 0 Å². The number of primary amides is 1. The Morgan fingerprint density at radius 3 is 2.09 bits per heavy atom. The second-order valence-corrected chi connectivity index (χ2v) is 6.41. The summed E-state index contributed by atoms with van der Waals surface area (Å²) in [6, 6.07) is 14.8. The summed E-state index contributed by atoms with van der Waals surface area (Å²) in [5.74, 6) is -0.327. The Morgan fingerprint density at radius 2 is 1.55 bits per heavy atom. The molecule has 2 aromatic rings. The van der Waals surface area contributed by atoms with Crippen molar-refractivity contribution in [2.45, 2.75) is 9.79 Å². The van der Waals surface area contributed by atoms with Gasteiger partial charge in [-0.3, -0.25) is 4.79 Å². The summed E-state index contributed by atoms with van der Waals surface area (Å²) >= 11 is 5.03. The van der Waals surface area contributed by atoms with E-state index in [1.54, 1.807) is 11.8 Å². The van der Waals surface area contributed by atoms with Gasteiger partial charge in [0.25, 0.3) is 0 Å². The van der Waals surface area contributed by atoms with E-state index >= 15 is 0 Å². The largest absolute Gasteiger partial charge is 0.352 e. The van der Waals surface area contributed by atoms with Crippen LogP contribution in [0.25, 0.3) is 0 Å². The number of benzene rings is 2. The molecule has 0 saturated carbocycles. The van der Waals surface area contributed by atoms with E-state index in [2.05, 4.69) is 26.6 Å². The van der Waals surface area contributed by atoms with Crippen LogP contribution in [-0.2, 0) is 4.79 Å².